The average Bonchev–Trinajstić information content (AvgIpc) is 3.30. The molecule has 6 heteroatoms. The van der Waals surface area contributed by atoms with Crippen LogP contribution in [0.4, 0.5) is 0 Å². The highest BCUT2D eigenvalue weighted by atomic mass is 16.5. The summed E-state index contributed by atoms with van der Waals surface area (Å²) in [5, 5.41) is 6.86. The van der Waals surface area contributed by atoms with Gasteiger partial charge in [0.25, 0.3) is 0 Å². The van der Waals surface area contributed by atoms with Crippen LogP contribution in [0.1, 0.15) is 31.2 Å². The molecule has 0 aliphatic rings. The third-order valence-corrected chi connectivity index (χ3v) is 3.89. The van der Waals surface area contributed by atoms with Gasteiger partial charge < -0.3 is 14.3 Å². The lowest BCUT2D eigenvalue weighted by Crippen LogP contribution is -2.33. The summed E-state index contributed by atoms with van der Waals surface area (Å²) < 4.78 is 10.4. The highest BCUT2D eigenvalue weighted by molar-refractivity contribution is 5.76. The van der Waals surface area contributed by atoms with E-state index >= 15 is 0 Å². The zero-order valence-corrected chi connectivity index (χ0v) is 14.1. The van der Waals surface area contributed by atoms with Gasteiger partial charge in [0, 0.05) is 18.9 Å². The zero-order valence-electron chi connectivity index (χ0n) is 14.1. The molecule has 1 unspecified atom stereocenters. The van der Waals surface area contributed by atoms with Gasteiger partial charge in [-0.15, -0.1) is 0 Å². The van der Waals surface area contributed by atoms with Crippen molar-refractivity contribution in [3.63, 3.8) is 0 Å². The summed E-state index contributed by atoms with van der Waals surface area (Å²) >= 11 is 0. The van der Waals surface area contributed by atoms with Gasteiger partial charge >= 0.3 is 0 Å². The Bertz CT molecular complexity index is 781. The van der Waals surface area contributed by atoms with Crippen LogP contribution in [0.3, 0.4) is 0 Å². The van der Waals surface area contributed by atoms with Crippen molar-refractivity contribution in [3.8, 4) is 11.6 Å². The molecule has 0 saturated heterocycles. The topological polar surface area (TPSA) is 81.2 Å². The quantitative estimate of drug-likeness (QED) is 0.680. The van der Waals surface area contributed by atoms with Crippen LogP contribution in [0.25, 0.3) is 11.6 Å². The van der Waals surface area contributed by atoms with Crippen molar-refractivity contribution in [1.82, 2.24) is 15.5 Å². The van der Waals surface area contributed by atoms with Crippen LogP contribution >= 0.6 is 0 Å². The van der Waals surface area contributed by atoms with Crippen LogP contribution in [-0.4, -0.2) is 22.1 Å². The number of nitrogens with zero attached hydrogens (tertiary/aromatic N) is 2. The minimum absolute atomic E-state index is 0.0155. The van der Waals surface area contributed by atoms with Gasteiger partial charge in [-0.05, 0) is 37.5 Å². The maximum Gasteiger partial charge on any atom is 0.238 e. The highest BCUT2D eigenvalue weighted by Crippen LogP contribution is 2.16. The van der Waals surface area contributed by atoms with E-state index < -0.39 is 0 Å². The SMILES string of the molecule is CC(CCc1ccccc1)NC(=O)CCc1nc(-c2ccco2)no1. The van der Waals surface area contributed by atoms with E-state index in [0.29, 0.717) is 30.3 Å². The van der Waals surface area contributed by atoms with Gasteiger partial charge in [-0.25, -0.2) is 0 Å². The van der Waals surface area contributed by atoms with Crippen LogP contribution in [0.2, 0.25) is 0 Å². The van der Waals surface area contributed by atoms with Crippen LogP contribution < -0.4 is 5.32 Å². The number of hydrogen-bond donors (Lipinski definition) is 1. The molecule has 1 N–H and O–H groups in total. The first-order chi connectivity index (χ1) is 12.2. The molecule has 0 fully saturated rings. The fourth-order valence-electron chi connectivity index (χ4n) is 2.53. The molecule has 0 saturated carbocycles. The van der Waals surface area contributed by atoms with Crippen LogP contribution in [0, 0.1) is 0 Å². The molecule has 3 rings (SSSR count). The third kappa shape index (κ3) is 5.04. The molecule has 0 bridgehead atoms. The second-order valence-corrected chi connectivity index (χ2v) is 5.98. The summed E-state index contributed by atoms with van der Waals surface area (Å²) in [6, 6.07) is 13.9. The third-order valence-electron chi connectivity index (χ3n) is 3.89. The Morgan fingerprint density at radius 1 is 1.16 bits per heavy atom. The molecule has 0 radical (unpaired) electrons. The first-order valence-corrected chi connectivity index (χ1v) is 8.40. The molecule has 0 spiro atoms. The lowest BCUT2D eigenvalue weighted by atomic mass is 10.1. The molecule has 1 aromatic carbocycles. The number of hydrogen-bond acceptors (Lipinski definition) is 5. The van der Waals surface area contributed by atoms with Gasteiger partial charge in [-0.3, -0.25) is 4.79 Å². The van der Waals surface area contributed by atoms with E-state index in [1.54, 1.807) is 18.4 Å². The van der Waals surface area contributed by atoms with E-state index in [1.165, 1.54) is 5.56 Å². The van der Waals surface area contributed by atoms with Crippen molar-refractivity contribution < 1.29 is 13.7 Å². The van der Waals surface area contributed by atoms with Gasteiger partial charge in [0.2, 0.25) is 17.6 Å². The van der Waals surface area contributed by atoms with Crippen LogP contribution in [-0.2, 0) is 17.6 Å². The molecular weight excluding hydrogens is 318 g/mol. The Morgan fingerprint density at radius 3 is 2.76 bits per heavy atom. The molecule has 2 aromatic heterocycles. The first kappa shape index (κ1) is 17.0. The molecule has 1 amide bonds. The fraction of sp³-hybridized carbons (Fsp3) is 0.316. The van der Waals surface area contributed by atoms with Gasteiger partial charge in [0.05, 0.1) is 6.26 Å². The van der Waals surface area contributed by atoms with E-state index in [-0.39, 0.29) is 11.9 Å². The number of carbonyl (C=O) groups excluding carboxylic acids is 1. The monoisotopic (exact) mass is 339 g/mol. The minimum Gasteiger partial charge on any atom is -0.461 e. The van der Waals surface area contributed by atoms with Gasteiger partial charge in [0.15, 0.2) is 5.76 Å². The predicted molar refractivity (Wildman–Crippen MR) is 92.7 cm³/mol. The minimum atomic E-state index is -0.0155. The zero-order chi connectivity index (χ0) is 17.5. The van der Waals surface area contributed by atoms with E-state index in [1.807, 2.05) is 25.1 Å². The summed E-state index contributed by atoms with van der Waals surface area (Å²) in [4.78, 5) is 16.3. The number of rotatable bonds is 8. The van der Waals surface area contributed by atoms with Crippen molar-refractivity contribution in [2.75, 3.05) is 0 Å². The summed E-state index contributed by atoms with van der Waals surface area (Å²) in [6.45, 7) is 2.02. The number of aromatic nitrogens is 2. The second kappa shape index (κ2) is 8.28. The Balaban J connectivity index is 1.40. The van der Waals surface area contributed by atoms with Crippen molar-refractivity contribution in [2.45, 2.75) is 38.6 Å². The van der Waals surface area contributed by atoms with E-state index in [4.69, 9.17) is 8.94 Å². The Labute approximate surface area is 146 Å². The van der Waals surface area contributed by atoms with Gasteiger partial charge in [-0.2, -0.15) is 4.98 Å². The summed E-state index contributed by atoms with van der Waals surface area (Å²) in [5.74, 6) is 1.36. The fourth-order valence-corrected chi connectivity index (χ4v) is 2.53. The number of aryl methyl sites for hydroxylation is 2. The first-order valence-electron chi connectivity index (χ1n) is 8.40. The number of furan rings is 1. The van der Waals surface area contributed by atoms with E-state index in [2.05, 4.69) is 27.6 Å². The number of carbonyl (C=O) groups is 1. The van der Waals surface area contributed by atoms with Crippen molar-refractivity contribution in [1.29, 1.82) is 0 Å². The number of nitrogens with one attached hydrogen (secondary N) is 1. The maximum atomic E-state index is 12.1. The molecule has 0 aliphatic heterocycles. The molecular formula is C19H21N3O3. The van der Waals surface area contributed by atoms with Crippen molar-refractivity contribution >= 4 is 5.91 Å². The smallest absolute Gasteiger partial charge is 0.238 e. The molecule has 3 aromatic rings. The van der Waals surface area contributed by atoms with E-state index in [0.717, 1.165) is 12.8 Å². The molecule has 130 valence electrons. The lowest BCUT2D eigenvalue weighted by Gasteiger charge is -2.13. The Kier molecular flexibility index (Phi) is 5.61. The average molecular weight is 339 g/mol. The van der Waals surface area contributed by atoms with Crippen LogP contribution in [0.15, 0.2) is 57.7 Å². The molecule has 6 nitrogen and oxygen atoms in total. The van der Waals surface area contributed by atoms with Crippen LogP contribution in [0.5, 0.6) is 0 Å². The molecule has 25 heavy (non-hydrogen) atoms. The molecule has 0 aliphatic carbocycles. The van der Waals surface area contributed by atoms with Gasteiger partial charge in [-0.1, -0.05) is 35.5 Å². The second-order valence-electron chi connectivity index (χ2n) is 5.98. The normalized spacial score (nSPS) is 12.0. The van der Waals surface area contributed by atoms with Crippen molar-refractivity contribution in [2.24, 2.45) is 0 Å². The van der Waals surface area contributed by atoms with Crippen molar-refractivity contribution in [3.05, 3.63) is 60.2 Å². The Morgan fingerprint density at radius 2 is 2.00 bits per heavy atom. The summed E-state index contributed by atoms with van der Waals surface area (Å²) in [7, 11) is 0. The highest BCUT2D eigenvalue weighted by Gasteiger charge is 2.13. The maximum absolute atomic E-state index is 12.1. The lowest BCUT2D eigenvalue weighted by molar-refractivity contribution is -0.121. The summed E-state index contributed by atoms with van der Waals surface area (Å²) in [6.07, 6.45) is 4.12. The summed E-state index contributed by atoms with van der Waals surface area (Å²) in [5.41, 5.74) is 1.28. The molecule has 2 heterocycles. The van der Waals surface area contributed by atoms with E-state index in [9.17, 15) is 4.79 Å². The Hall–Kier alpha value is -2.89. The molecule has 1 atom stereocenters. The predicted octanol–water partition coefficient (Wildman–Crippen LogP) is 3.40. The number of amides is 1. The number of benzene rings is 1. The largest absolute Gasteiger partial charge is 0.461 e. The van der Waals surface area contributed by atoms with Gasteiger partial charge in [0.1, 0.15) is 0 Å². The standard InChI is InChI=1S/C19H21N3O3/c1-14(9-10-15-6-3-2-4-7-15)20-17(23)11-12-18-21-19(22-25-18)16-8-5-13-24-16/h2-8,13-14H,9-12H2,1H3,(H,20,23).